The molecule has 0 fully saturated rings. The number of carbonyl (C=O) groups is 1. The van der Waals surface area contributed by atoms with E-state index in [2.05, 4.69) is 10.0 Å². The molecule has 0 aliphatic heterocycles. The number of hydrogen-bond acceptors (Lipinski definition) is 2. The van der Waals surface area contributed by atoms with E-state index in [0.717, 1.165) is 5.56 Å². The van der Waals surface area contributed by atoms with Gasteiger partial charge < -0.3 is 4.74 Å². The van der Waals surface area contributed by atoms with Gasteiger partial charge in [0.25, 0.3) is 0 Å². The minimum Gasteiger partial charge on any atom is -0.497 e. The molecule has 5 heteroatoms. The quantitative estimate of drug-likeness (QED) is 0.327. The van der Waals surface area contributed by atoms with Crippen molar-refractivity contribution in [1.29, 1.82) is 0 Å². The Hall–Kier alpha value is -2.26. The first-order valence-electron chi connectivity index (χ1n) is 4.17. The molecule has 0 atom stereocenters. The lowest BCUT2D eigenvalue weighted by molar-refractivity contribution is -0.113. The molecular weight excluding hydrogens is 194 g/mol. The molecule has 76 valence electrons. The third kappa shape index (κ3) is 3.54. The number of azide groups is 1. The second kappa shape index (κ2) is 5.47. The van der Waals surface area contributed by atoms with E-state index in [-0.39, 0.29) is 0 Å². The van der Waals surface area contributed by atoms with Crippen molar-refractivity contribution >= 4 is 12.0 Å². The Bertz CT molecular complexity index is 434. The molecule has 0 spiro atoms. The molecule has 1 rings (SSSR count). The van der Waals surface area contributed by atoms with Crippen LogP contribution in [0.2, 0.25) is 0 Å². The van der Waals surface area contributed by atoms with E-state index in [9.17, 15) is 4.79 Å². The van der Waals surface area contributed by atoms with Gasteiger partial charge in [0.2, 0.25) is 5.91 Å². The zero-order valence-corrected chi connectivity index (χ0v) is 8.12. The standard InChI is InChI=1S/C10H9N3O2/c1-15-9-4-2-3-8(7-9)5-6-10(14)12-13-11/h2-7H,1H3. The molecule has 0 aliphatic carbocycles. The first kappa shape index (κ1) is 10.8. The number of ether oxygens (including phenoxy) is 1. The minimum absolute atomic E-state index is 0.625. The van der Waals surface area contributed by atoms with Crippen LogP contribution >= 0.6 is 0 Å². The highest BCUT2D eigenvalue weighted by atomic mass is 16.5. The van der Waals surface area contributed by atoms with Crippen LogP contribution in [0.3, 0.4) is 0 Å². The molecule has 0 aromatic heterocycles. The van der Waals surface area contributed by atoms with Gasteiger partial charge in [-0.15, -0.1) is 0 Å². The zero-order valence-electron chi connectivity index (χ0n) is 8.12. The Balaban J connectivity index is 2.80. The Morgan fingerprint density at radius 2 is 2.40 bits per heavy atom. The van der Waals surface area contributed by atoms with E-state index in [1.54, 1.807) is 31.4 Å². The van der Waals surface area contributed by atoms with Crippen molar-refractivity contribution in [3.8, 4) is 5.75 Å². The van der Waals surface area contributed by atoms with Crippen LogP contribution in [0.1, 0.15) is 5.56 Å². The normalized spacial score (nSPS) is 9.67. The molecule has 1 amide bonds. The van der Waals surface area contributed by atoms with Crippen molar-refractivity contribution in [2.24, 2.45) is 5.11 Å². The summed E-state index contributed by atoms with van der Waals surface area (Å²) in [5.74, 6) is 0.0775. The van der Waals surface area contributed by atoms with Gasteiger partial charge >= 0.3 is 0 Å². The average Bonchev–Trinajstić information content (AvgIpc) is 2.27. The van der Waals surface area contributed by atoms with Gasteiger partial charge in [0.05, 0.1) is 7.11 Å². The molecular formula is C10H9N3O2. The first-order chi connectivity index (χ1) is 7.26. The first-order valence-corrected chi connectivity index (χ1v) is 4.17. The van der Waals surface area contributed by atoms with Gasteiger partial charge in [0.1, 0.15) is 5.75 Å². The van der Waals surface area contributed by atoms with Gasteiger partial charge in [-0.2, -0.15) is 0 Å². The summed E-state index contributed by atoms with van der Waals surface area (Å²) >= 11 is 0. The summed E-state index contributed by atoms with van der Waals surface area (Å²) in [7, 11) is 1.56. The molecule has 0 aliphatic rings. The minimum atomic E-state index is -0.625. The van der Waals surface area contributed by atoms with Crippen LogP contribution < -0.4 is 4.74 Å². The molecule has 1 aromatic rings. The van der Waals surface area contributed by atoms with Crippen molar-refractivity contribution in [1.82, 2.24) is 0 Å². The van der Waals surface area contributed by atoms with Gasteiger partial charge in [-0.3, -0.25) is 4.79 Å². The van der Waals surface area contributed by atoms with Crippen LogP contribution in [0.15, 0.2) is 35.5 Å². The summed E-state index contributed by atoms with van der Waals surface area (Å²) in [6.07, 6.45) is 2.76. The van der Waals surface area contributed by atoms with Gasteiger partial charge in [0.15, 0.2) is 0 Å². The van der Waals surface area contributed by atoms with Crippen LogP contribution in [0.5, 0.6) is 5.75 Å². The van der Waals surface area contributed by atoms with Crippen molar-refractivity contribution in [2.75, 3.05) is 7.11 Å². The second-order valence-electron chi connectivity index (χ2n) is 2.64. The molecule has 15 heavy (non-hydrogen) atoms. The number of nitrogens with zero attached hydrogens (tertiary/aromatic N) is 3. The Kier molecular flexibility index (Phi) is 3.94. The van der Waals surface area contributed by atoms with Crippen LogP contribution in [-0.4, -0.2) is 13.0 Å². The molecule has 0 bridgehead atoms. The van der Waals surface area contributed by atoms with Crippen molar-refractivity contribution in [2.45, 2.75) is 0 Å². The molecule has 5 nitrogen and oxygen atoms in total. The van der Waals surface area contributed by atoms with Crippen LogP contribution in [0.4, 0.5) is 0 Å². The molecule has 0 N–H and O–H groups in total. The number of carbonyl (C=O) groups excluding carboxylic acids is 1. The van der Waals surface area contributed by atoms with Crippen molar-refractivity contribution < 1.29 is 9.53 Å². The fourth-order valence-electron chi connectivity index (χ4n) is 0.990. The van der Waals surface area contributed by atoms with Gasteiger partial charge in [0, 0.05) is 4.91 Å². The summed E-state index contributed by atoms with van der Waals surface area (Å²) in [5.41, 5.74) is 8.80. The van der Waals surface area contributed by atoms with E-state index < -0.39 is 5.91 Å². The Morgan fingerprint density at radius 3 is 3.07 bits per heavy atom. The number of benzene rings is 1. The summed E-state index contributed by atoms with van der Waals surface area (Å²) in [5, 5.41) is 2.91. The van der Waals surface area contributed by atoms with Gasteiger partial charge in [-0.1, -0.05) is 18.2 Å². The predicted octanol–water partition coefficient (Wildman–Crippen LogP) is 2.55. The van der Waals surface area contributed by atoms with Crippen molar-refractivity contribution in [3.05, 3.63) is 46.3 Å². The highest BCUT2D eigenvalue weighted by molar-refractivity contribution is 5.92. The van der Waals surface area contributed by atoms with Crippen LogP contribution in [0.25, 0.3) is 16.5 Å². The summed E-state index contributed by atoms with van der Waals surface area (Å²) in [6, 6.07) is 7.17. The molecule has 0 saturated heterocycles. The molecule has 1 aromatic carbocycles. The van der Waals surface area contributed by atoms with Crippen molar-refractivity contribution in [3.63, 3.8) is 0 Å². The highest BCUT2D eigenvalue weighted by Gasteiger charge is 1.93. The lowest BCUT2D eigenvalue weighted by atomic mass is 10.2. The molecule has 0 heterocycles. The SMILES string of the molecule is COc1cccc(C=CC(=O)N=[N+]=[N-])c1. The number of amides is 1. The van der Waals surface area contributed by atoms with E-state index >= 15 is 0 Å². The smallest absolute Gasteiger partial charge is 0.242 e. The summed E-state index contributed by atoms with van der Waals surface area (Å²) < 4.78 is 5.01. The van der Waals surface area contributed by atoms with E-state index in [1.807, 2.05) is 6.07 Å². The third-order valence-corrected chi connectivity index (χ3v) is 1.66. The number of hydrogen-bond donors (Lipinski definition) is 0. The maximum absolute atomic E-state index is 10.8. The molecule has 0 saturated carbocycles. The fourth-order valence-corrected chi connectivity index (χ4v) is 0.990. The summed E-state index contributed by atoms with van der Waals surface area (Å²) in [6.45, 7) is 0. The second-order valence-corrected chi connectivity index (χ2v) is 2.64. The number of methoxy groups -OCH3 is 1. The number of rotatable bonds is 3. The largest absolute Gasteiger partial charge is 0.497 e. The van der Waals surface area contributed by atoms with E-state index in [4.69, 9.17) is 10.3 Å². The lowest BCUT2D eigenvalue weighted by Crippen LogP contribution is -1.84. The van der Waals surface area contributed by atoms with Crippen LogP contribution in [-0.2, 0) is 4.79 Å². The summed E-state index contributed by atoms with van der Waals surface area (Å²) in [4.78, 5) is 13.2. The zero-order chi connectivity index (χ0) is 11.1. The Morgan fingerprint density at radius 1 is 1.60 bits per heavy atom. The maximum Gasteiger partial charge on any atom is 0.242 e. The van der Waals surface area contributed by atoms with Crippen LogP contribution in [0, 0.1) is 0 Å². The van der Waals surface area contributed by atoms with E-state index in [0.29, 0.717) is 5.75 Å². The Labute approximate surface area is 86.6 Å². The fraction of sp³-hybridized carbons (Fsp3) is 0.100. The topological polar surface area (TPSA) is 75.1 Å². The van der Waals surface area contributed by atoms with E-state index in [1.165, 1.54) is 6.08 Å². The highest BCUT2D eigenvalue weighted by Crippen LogP contribution is 2.13. The maximum atomic E-state index is 10.8. The van der Waals surface area contributed by atoms with Gasteiger partial charge in [-0.05, 0) is 34.4 Å². The molecule has 0 radical (unpaired) electrons. The van der Waals surface area contributed by atoms with Gasteiger partial charge in [-0.25, -0.2) is 0 Å². The monoisotopic (exact) mass is 203 g/mol. The molecule has 0 unspecified atom stereocenters. The third-order valence-electron chi connectivity index (χ3n) is 1.66. The predicted molar refractivity (Wildman–Crippen MR) is 56.2 cm³/mol. The average molecular weight is 203 g/mol. The lowest BCUT2D eigenvalue weighted by Gasteiger charge is -1.99.